The van der Waals surface area contributed by atoms with Gasteiger partial charge in [-0.3, -0.25) is 15.0 Å². The van der Waals surface area contributed by atoms with Gasteiger partial charge in [0.2, 0.25) is 0 Å². The van der Waals surface area contributed by atoms with Crippen molar-refractivity contribution in [3.63, 3.8) is 0 Å². The van der Waals surface area contributed by atoms with Crippen molar-refractivity contribution >= 4 is 43.4 Å². The van der Waals surface area contributed by atoms with Crippen LogP contribution in [0.5, 0.6) is 0 Å². The van der Waals surface area contributed by atoms with Gasteiger partial charge in [-0.25, -0.2) is 4.98 Å². The third kappa shape index (κ3) is 3.95. The van der Waals surface area contributed by atoms with Crippen LogP contribution in [0.15, 0.2) is 60.7 Å². The van der Waals surface area contributed by atoms with Gasteiger partial charge in [-0.15, -0.1) is 0 Å². The lowest BCUT2D eigenvalue weighted by molar-refractivity contribution is 0.102. The molecule has 30 heavy (non-hydrogen) atoms. The second-order valence-electron chi connectivity index (χ2n) is 8.26. The number of amides is 1. The van der Waals surface area contributed by atoms with Gasteiger partial charge < -0.3 is 0 Å². The molecule has 1 fully saturated rings. The third-order valence-corrected chi connectivity index (χ3v) is 6.92. The summed E-state index contributed by atoms with van der Waals surface area (Å²) in [6, 6.07) is 20.2. The lowest BCUT2D eigenvalue weighted by Crippen LogP contribution is -2.32. The van der Waals surface area contributed by atoms with E-state index >= 15 is 0 Å². The summed E-state index contributed by atoms with van der Waals surface area (Å²) < 4.78 is 1.12. The average molecular weight is 416 g/mol. The lowest BCUT2D eigenvalue weighted by atomic mass is 9.99. The first-order valence-corrected chi connectivity index (χ1v) is 11.4. The molecular weight excluding hydrogens is 390 g/mol. The Hall–Kier alpha value is -2.76. The van der Waals surface area contributed by atoms with E-state index in [0.29, 0.717) is 10.7 Å². The van der Waals surface area contributed by atoms with Crippen LogP contribution in [0.1, 0.15) is 35.7 Å². The number of likely N-dealkylation sites (tertiary alicyclic amines) is 1. The van der Waals surface area contributed by atoms with E-state index in [-0.39, 0.29) is 5.91 Å². The van der Waals surface area contributed by atoms with Crippen molar-refractivity contribution in [3.8, 4) is 0 Å². The number of nitrogens with one attached hydrogen (secondary N) is 1. The molecule has 0 bridgehead atoms. The standard InChI is InChI=1S/C25H25N3OS/c1-17-11-13-28(14-12-17)16-18-9-10-22-23(15-18)30-25(26-22)27-24(29)21-8-4-6-19-5-2-3-7-20(19)21/h2-10,15,17H,11-14,16H2,1H3,(H,26,27,29). The number of thiazole rings is 1. The van der Waals surface area contributed by atoms with Gasteiger partial charge >= 0.3 is 0 Å². The zero-order valence-corrected chi connectivity index (χ0v) is 17.9. The molecule has 0 spiro atoms. The molecule has 1 N–H and O–H groups in total. The SMILES string of the molecule is CC1CCN(Cc2ccc3nc(NC(=O)c4cccc5ccccc45)sc3c2)CC1. The molecule has 0 unspecified atom stereocenters. The maximum absolute atomic E-state index is 12.9. The van der Waals surface area contributed by atoms with E-state index in [4.69, 9.17) is 0 Å². The lowest BCUT2D eigenvalue weighted by Gasteiger charge is -2.30. The van der Waals surface area contributed by atoms with Crippen LogP contribution >= 0.6 is 11.3 Å². The minimum Gasteiger partial charge on any atom is -0.299 e. The largest absolute Gasteiger partial charge is 0.299 e. The first kappa shape index (κ1) is 19.2. The molecule has 0 aliphatic carbocycles. The summed E-state index contributed by atoms with van der Waals surface area (Å²) in [5.74, 6) is 0.728. The number of aromatic nitrogens is 1. The van der Waals surface area contributed by atoms with Gasteiger partial charge in [-0.2, -0.15) is 0 Å². The number of anilines is 1. The van der Waals surface area contributed by atoms with Crippen molar-refractivity contribution in [2.75, 3.05) is 18.4 Å². The number of nitrogens with zero attached hydrogens (tertiary/aromatic N) is 2. The summed E-state index contributed by atoms with van der Waals surface area (Å²) in [7, 11) is 0. The Labute approximate surface area is 180 Å². The molecule has 1 saturated heterocycles. The van der Waals surface area contributed by atoms with E-state index in [1.165, 1.54) is 31.5 Å². The highest BCUT2D eigenvalue weighted by molar-refractivity contribution is 7.22. The Morgan fingerprint density at radius 2 is 1.90 bits per heavy atom. The smallest absolute Gasteiger partial charge is 0.258 e. The van der Waals surface area contributed by atoms with Crippen LogP contribution in [0.2, 0.25) is 0 Å². The predicted molar refractivity (Wildman–Crippen MR) is 125 cm³/mol. The summed E-state index contributed by atoms with van der Waals surface area (Å²) in [5.41, 5.74) is 2.92. The number of hydrogen-bond donors (Lipinski definition) is 1. The van der Waals surface area contributed by atoms with Crippen molar-refractivity contribution < 1.29 is 4.79 Å². The molecule has 1 aliphatic heterocycles. The van der Waals surface area contributed by atoms with E-state index in [9.17, 15) is 4.79 Å². The maximum Gasteiger partial charge on any atom is 0.258 e. The van der Waals surface area contributed by atoms with Gasteiger partial charge in [-0.1, -0.05) is 60.7 Å². The first-order chi connectivity index (χ1) is 14.7. The molecule has 1 aromatic heterocycles. The van der Waals surface area contributed by atoms with E-state index in [1.54, 1.807) is 11.3 Å². The van der Waals surface area contributed by atoms with Crippen LogP contribution in [0, 0.1) is 5.92 Å². The zero-order chi connectivity index (χ0) is 20.5. The van der Waals surface area contributed by atoms with Crippen molar-refractivity contribution in [2.45, 2.75) is 26.3 Å². The van der Waals surface area contributed by atoms with E-state index in [0.717, 1.165) is 33.5 Å². The van der Waals surface area contributed by atoms with Crippen molar-refractivity contribution in [1.29, 1.82) is 0 Å². The van der Waals surface area contributed by atoms with Gasteiger partial charge in [-0.05, 0) is 66.4 Å². The van der Waals surface area contributed by atoms with E-state index in [2.05, 4.69) is 40.3 Å². The summed E-state index contributed by atoms with van der Waals surface area (Å²) in [5, 5.41) is 5.67. The van der Waals surface area contributed by atoms with Crippen LogP contribution in [0.4, 0.5) is 5.13 Å². The topological polar surface area (TPSA) is 45.2 Å². The molecule has 5 heteroatoms. The molecule has 2 heterocycles. The van der Waals surface area contributed by atoms with Crippen molar-refractivity contribution in [1.82, 2.24) is 9.88 Å². The Balaban J connectivity index is 1.34. The third-order valence-electron chi connectivity index (χ3n) is 5.99. The minimum atomic E-state index is -0.117. The molecule has 1 aliphatic rings. The maximum atomic E-state index is 12.9. The Bertz CT molecular complexity index is 1200. The monoisotopic (exact) mass is 415 g/mol. The molecule has 4 aromatic rings. The van der Waals surface area contributed by atoms with Crippen LogP contribution in [0.3, 0.4) is 0 Å². The second kappa shape index (κ2) is 8.17. The Kier molecular flexibility index (Phi) is 5.23. The number of hydrogen-bond acceptors (Lipinski definition) is 4. The van der Waals surface area contributed by atoms with Gasteiger partial charge in [0.05, 0.1) is 10.2 Å². The van der Waals surface area contributed by atoms with Crippen molar-refractivity contribution in [3.05, 3.63) is 71.8 Å². The van der Waals surface area contributed by atoms with E-state index in [1.807, 2.05) is 42.5 Å². The molecule has 0 saturated carbocycles. The molecule has 0 atom stereocenters. The fraction of sp³-hybridized carbons (Fsp3) is 0.280. The number of carbonyl (C=O) groups excluding carboxylic acids is 1. The summed E-state index contributed by atoms with van der Waals surface area (Å²) in [6.45, 7) is 5.68. The number of fused-ring (bicyclic) bond motifs is 2. The number of carbonyl (C=O) groups is 1. The van der Waals surface area contributed by atoms with Crippen LogP contribution in [-0.2, 0) is 6.54 Å². The zero-order valence-electron chi connectivity index (χ0n) is 17.1. The molecular formula is C25H25N3OS. The minimum absolute atomic E-state index is 0.117. The molecule has 5 rings (SSSR count). The highest BCUT2D eigenvalue weighted by Gasteiger charge is 2.17. The molecule has 152 valence electrons. The summed E-state index contributed by atoms with van der Waals surface area (Å²) >= 11 is 1.54. The quantitative estimate of drug-likeness (QED) is 0.449. The summed E-state index contributed by atoms with van der Waals surface area (Å²) in [4.78, 5) is 20.1. The van der Waals surface area contributed by atoms with Gasteiger partial charge in [0.1, 0.15) is 0 Å². The van der Waals surface area contributed by atoms with Crippen LogP contribution in [0.25, 0.3) is 21.0 Å². The Morgan fingerprint density at radius 1 is 1.10 bits per heavy atom. The number of piperidine rings is 1. The van der Waals surface area contributed by atoms with E-state index < -0.39 is 0 Å². The van der Waals surface area contributed by atoms with Gasteiger partial charge in [0.25, 0.3) is 5.91 Å². The molecule has 4 nitrogen and oxygen atoms in total. The molecule has 1 amide bonds. The number of benzene rings is 3. The van der Waals surface area contributed by atoms with Crippen LogP contribution in [-0.4, -0.2) is 28.9 Å². The highest BCUT2D eigenvalue weighted by atomic mass is 32.1. The fourth-order valence-corrected chi connectivity index (χ4v) is 5.11. The van der Waals surface area contributed by atoms with Gasteiger partial charge in [0.15, 0.2) is 5.13 Å². The highest BCUT2D eigenvalue weighted by Crippen LogP contribution is 2.29. The second-order valence-corrected chi connectivity index (χ2v) is 9.29. The van der Waals surface area contributed by atoms with Gasteiger partial charge in [0, 0.05) is 12.1 Å². The molecule has 3 aromatic carbocycles. The predicted octanol–water partition coefficient (Wildman–Crippen LogP) is 5.93. The fourth-order valence-electron chi connectivity index (χ4n) is 4.19. The van der Waals surface area contributed by atoms with Crippen molar-refractivity contribution in [2.24, 2.45) is 5.92 Å². The summed E-state index contributed by atoms with van der Waals surface area (Å²) in [6.07, 6.45) is 2.57. The van der Waals surface area contributed by atoms with Crippen LogP contribution < -0.4 is 5.32 Å². The normalized spacial score (nSPS) is 15.6. The molecule has 0 radical (unpaired) electrons. The average Bonchev–Trinajstić information content (AvgIpc) is 3.16. The number of rotatable bonds is 4. The Morgan fingerprint density at radius 3 is 2.77 bits per heavy atom. The first-order valence-electron chi connectivity index (χ1n) is 10.6.